The highest BCUT2D eigenvalue weighted by Crippen LogP contribution is 2.29. The molecule has 3 rings (SSSR count). The highest BCUT2D eigenvalue weighted by atomic mass is 79.9. The quantitative estimate of drug-likeness (QED) is 0.870. The number of halogens is 1. The topological polar surface area (TPSA) is 71.8 Å². The first-order valence-corrected chi connectivity index (χ1v) is 8.32. The van der Waals surface area contributed by atoms with Crippen LogP contribution in [0.15, 0.2) is 40.9 Å². The number of aliphatic carboxylic acids is 1. The zero-order chi connectivity index (χ0) is 17.3. The van der Waals surface area contributed by atoms with Gasteiger partial charge in [-0.1, -0.05) is 34.1 Å². The first-order chi connectivity index (χ1) is 11.5. The Morgan fingerprint density at radius 3 is 2.71 bits per heavy atom. The summed E-state index contributed by atoms with van der Waals surface area (Å²) in [5, 5.41) is 9.07. The second-order valence-corrected chi connectivity index (χ2v) is 6.45. The van der Waals surface area contributed by atoms with Crippen LogP contribution in [0.5, 0.6) is 0 Å². The third-order valence-corrected chi connectivity index (χ3v) is 4.81. The number of nitrogens with zero attached hydrogens (tertiary/aromatic N) is 2. The van der Waals surface area contributed by atoms with E-state index in [0.717, 1.165) is 15.7 Å². The van der Waals surface area contributed by atoms with Crippen LogP contribution in [0.3, 0.4) is 0 Å². The number of rotatable bonds is 3. The van der Waals surface area contributed by atoms with E-state index in [1.54, 1.807) is 6.07 Å². The minimum atomic E-state index is -1.05. The van der Waals surface area contributed by atoms with E-state index in [0.29, 0.717) is 12.2 Å². The summed E-state index contributed by atoms with van der Waals surface area (Å²) in [6, 6.07) is 11.5. The minimum absolute atomic E-state index is 0.0592. The van der Waals surface area contributed by atoms with Crippen molar-refractivity contribution in [3.8, 4) is 11.3 Å². The lowest BCUT2D eigenvalue weighted by molar-refractivity contribution is -0.154. The van der Waals surface area contributed by atoms with Gasteiger partial charge >= 0.3 is 5.97 Å². The Hall–Kier alpha value is -2.12. The molecule has 1 saturated heterocycles. The highest BCUT2D eigenvalue weighted by molar-refractivity contribution is 9.10. The fourth-order valence-corrected chi connectivity index (χ4v) is 3.30. The third-order valence-electron chi connectivity index (χ3n) is 4.12. The second kappa shape index (κ2) is 6.78. The van der Waals surface area contributed by atoms with Gasteiger partial charge in [-0.3, -0.25) is 4.79 Å². The maximum atomic E-state index is 12.8. The zero-order valence-corrected chi connectivity index (χ0v) is 14.7. The highest BCUT2D eigenvalue weighted by Gasteiger charge is 2.30. The molecule has 0 saturated carbocycles. The van der Waals surface area contributed by atoms with Crippen molar-refractivity contribution in [2.45, 2.75) is 6.10 Å². The number of ether oxygens (including phenoxy) is 1. The molecule has 1 aliphatic heterocycles. The summed E-state index contributed by atoms with van der Waals surface area (Å²) < 4.78 is 7.94. The maximum absolute atomic E-state index is 12.8. The molecule has 7 heteroatoms. The Bertz CT molecular complexity index is 787. The van der Waals surface area contributed by atoms with Crippen molar-refractivity contribution >= 4 is 27.8 Å². The van der Waals surface area contributed by atoms with Crippen LogP contribution in [0.2, 0.25) is 0 Å². The summed E-state index contributed by atoms with van der Waals surface area (Å²) in [7, 11) is 1.83. The van der Waals surface area contributed by atoms with Gasteiger partial charge in [-0.2, -0.15) is 0 Å². The number of benzene rings is 1. The molecule has 0 bridgehead atoms. The van der Waals surface area contributed by atoms with E-state index in [4.69, 9.17) is 9.84 Å². The molecule has 1 aromatic carbocycles. The Morgan fingerprint density at radius 1 is 1.25 bits per heavy atom. The zero-order valence-electron chi connectivity index (χ0n) is 13.1. The predicted molar refractivity (Wildman–Crippen MR) is 91.8 cm³/mol. The number of carboxylic acids is 1. The van der Waals surface area contributed by atoms with Gasteiger partial charge in [-0.05, 0) is 18.2 Å². The Labute approximate surface area is 147 Å². The van der Waals surface area contributed by atoms with Crippen LogP contribution in [0.4, 0.5) is 0 Å². The summed E-state index contributed by atoms with van der Waals surface area (Å²) in [6.07, 6.45) is -0.967. The fraction of sp³-hybridized carbons (Fsp3) is 0.294. The average Bonchev–Trinajstić information content (AvgIpc) is 2.96. The van der Waals surface area contributed by atoms with Gasteiger partial charge in [0.25, 0.3) is 5.91 Å². The molecule has 2 aromatic rings. The number of carboxylic acid groups (broad SMARTS) is 1. The maximum Gasteiger partial charge on any atom is 0.334 e. The van der Waals surface area contributed by atoms with Gasteiger partial charge in [0.2, 0.25) is 0 Å². The monoisotopic (exact) mass is 392 g/mol. The molecule has 1 amide bonds. The first kappa shape index (κ1) is 16.7. The van der Waals surface area contributed by atoms with E-state index in [9.17, 15) is 9.59 Å². The van der Waals surface area contributed by atoms with Crippen molar-refractivity contribution in [3.05, 3.63) is 46.6 Å². The molecule has 126 valence electrons. The lowest BCUT2D eigenvalue weighted by Crippen LogP contribution is -2.48. The number of carbonyl (C=O) groups is 2. The normalized spacial score (nSPS) is 17.8. The van der Waals surface area contributed by atoms with Crippen molar-refractivity contribution in [1.82, 2.24) is 9.47 Å². The molecule has 24 heavy (non-hydrogen) atoms. The standard InChI is InChI=1S/C17H17BrN2O4/c1-19-13(11-4-2-3-5-12(11)18)6-7-14(19)16(21)20-8-9-24-15(10-20)17(22)23/h2-7,15H,8-10H2,1H3,(H,22,23)/t15-/m1/s1. The lowest BCUT2D eigenvalue weighted by Gasteiger charge is -2.31. The molecule has 0 aliphatic carbocycles. The molecule has 6 nitrogen and oxygen atoms in total. The smallest absolute Gasteiger partial charge is 0.334 e. The molecule has 1 fully saturated rings. The molecular formula is C17H17BrN2O4. The fourth-order valence-electron chi connectivity index (χ4n) is 2.81. The van der Waals surface area contributed by atoms with Crippen LogP contribution in [0, 0.1) is 0 Å². The molecule has 2 heterocycles. The number of carbonyl (C=O) groups excluding carboxylic acids is 1. The van der Waals surface area contributed by atoms with Gasteiger partial charge in [0.1, 0.15) is 5.69 Å². The summed E-state index contributed by atoms with van der Waals surface area (Å²) in [5.41, 5.74) is 2.42. The summed E-state index contributed by atoms with van der Waals surface area (Å²) >= 11 is 3.52. The Morgan fingerprint density at radius 2 is 2.00 bits per heavy atom. The molecule has 1 atom stereocenters. The van der Waals surface area contributed by atoms with Crippen molar-refractivity contribution < 1.29 is 19.4 Å². The van der Waals surface area contributed by atoms with E-state index in [1.165, 1.54) is 4.90 Å². The van der Waals surface area contributed by atoms with Gasteiger partial charge in [0.15, 0.2) is 6.10 Å². The van der Waals surface area contributed by atoms with Crippen molar-refractivity contribution in [3.63, 3.8) is 0 Å². The summed E-state index contributed by atoms with van der Waals surface area (Å²) in [5.74, 6) is -1.24. The van der Waals surface area contributed by atoms with Gasteiger partial charge in [-0.25, -0.2) is 4.79 Å². The number of hydrogen-bond donors (Lipinski definition) is 1. The SMILES string of the molecule is Cn1c(C(=O)N2CCO[C@@H](C(=O)O)C2)ccc1-c1ccccc1Br. The Kier molecular flexibility index (Phi) is 4.73. The van der Waals surface area contributed by atoms with Crippen molar-refractivity contribution in [2.75, 3.05) is 19.7 Å². The van der Waals surface area contributed by atoms with E-state index >= 15 is 0 Å². The summed E-state index contributed by atoms with van der Waals surface area (Å²) in [6.45, 7) is 0.673. The van der Waals surface area contributed by atoms with Crippen molar-refractivity contribution in [2.24, 2.45) is 7.05 Å². The molecule has 1 aromatic heterocycles. The number of morpholine rings is 1. The van der Waals surface area contributed by atoms with E-state index in [1.807, 2.05) is 41.9 Å². The predicted octanol–water partition coefficient (Wildman–Crippen LogP) is 2.38. The Balaban J connectivity index is 1.87. The summed E-state index contributed by atoms with van der Waals surface area (Å²) in [4.78, 5) is 25.4. The minimum Gasteiger partial charge on any atom is -0.479 e. The van der Waals surface area contributed by atoms with E-state index < -0.39 is 12.1 Å². The first-order valence-electron chi connectivity index (χ1n) is 7.53. The van der Waals surface area contributed by atoms with Crippen molar-refractivity contribution in [1.29, 1.82) is 0 Å². The van der Waals surface area contributed by atoms with Crippen LogP contribution in [0.1, 0.15) is 10.5 Å². The van der Waals surface area contributed by atoms with E-state index in [-0.39, 0.29) is 19.1 Å². The van der Waals surface area contributed by atoms with Crippen LogP contribution >= 0.6 is 15.9 Å². The number of aromatic nitrogens is 1. The van der Waals surface area contributed by atoms with Gasteiger partial charge in [0, 0.05) is 29.3 Å². The number of hydrogen-bond acceptors (Lipinski definition) is 3. The lowest BCUT2D eigenvalue weighted by atomic mass is 10.1. The molecular weight excluding hydrogens is 376 g/mol. The van der Waals surface area contributed by atoms with Crippen LogP contribution in [-0.2, 0) is 16.6 Å². The molecule has 0 radical (unpaired) electrons. The molecule has 1 N–H and O–H groups in total. The van der Waals surface area contributed by atoms with Crippen LogP contribution in [0.25, 0.3) is 11.3 Å². The van der Waals surface area contributed by atoms with Gasteiger partial charge < -0.3 is 19.3 Å². The molecule has 0 unspecified atom stereocenters. The average molecular weight is 393 g/mol. The third kappa shape index (κ3) is 3.09. The van der Waals surface area contributed by atoms with Gasteiger partial charge in [-0.15, -0.1) is 0 Å². The molecule has 1 aliphatic rings. The second-order valence-electron chi connectivity index (χ2n) is 5.59. The molecule has 0 spiro atoms. The van der Waals surface area contributed by atoms with Crippen LogP contribution < -0.4 is 0 Å². The van der Waals surface area contributed by atoms with Gasteiger partial charge in [0.05, 0.1) is 13.2 Å². The van der Waals surface area contributed by atoms with E-state index in [2.05, 4.69) is 15.9 Å². The largest absolute Gasteiger partial charge is 0.479 e. The van der Waals surface area contributed by atoms with Crippen LogP contribution in [-0.4, -0.2) is 52.3 Å². The number of amides is 1.